The number of hydrogen-bond acceptors (Lipinski definition) is 3. The number of aromatic nitrogens is 1. The van der Waals surface area contributed by atoms with Crippen LogP contribution in [0.4, 0.5) is 10.3 Å². The van der Waals surface area contributed by atoms with Gasteiger partial charge in [-0.1, -0.05) is 54.5 Å². The molecule has 1 aromatic heterocycles. The molecule has 0 fully saturated rings. The molecule has 1 unspecified atom stereocenters. The van der Waals surface area contributed by atoms with Crippen molar-refractivity contribution in [3.05, 3.63) is 71.7 Å². The molecular formula is C22H25FN4O. The van der Waals surface area contributed by atoms with Gasteiger partial charge in [0.15, 0.2) is 5.96 Å². The zero-order valence-corrected chi connectivity index (χ0v) is 16.4. The molecule has 0 saturated heterocycles. The molecular weight excluding hydrogens is 355 g/mol. The third-order valence-electron chi connectivity index (χ3n) is 4.85. The minimum atomic E-state index is -0.261. The molecule has 0 amide bonds. The summed E-state index contributed by atoms with van der Waals surface area (Å²) in [6.45, 7) is 7.49. The fourth-order valence-corrected chi connectivity index (χ4v) is 3.09. The molecule has 5 nitrogen and oxygen atoms in total. The molecule has 0 radical (unpaired) electrons. The SMILES string of the molecule is CCN(CC)C(N)=Nc1cc(C(C)c2ccc(-c3ccccc3)c(F)c2)no1. The first-order chi connectivity index (χ1) is 13.5. The maximum atomic E-state index is 14.7. The largest absolute Gasteiger partial charge is 0.369 e. The summed E-state index contributed by atoms with van der Waals surface area (Å²) in [5, 5.41) is 4.09. The highest BCUT2D eigenvalue weighted by Crippen LogP contribution is 2.30. The zero-order chi connectivity index (χ0) is 20.1. The zero-order valence-electron chi connectivity index (χ0n) is 16.4. The molecule has 3 aromatic rings. The van der Waals surface area contributed by atoms with Gasteiger partial charge in [0.1, 0.15) is 5.82 Å². The number of rotatable bonds is 6. The van der Waals surface area contributed by atoms with Gasteiger partial charge in [-0.15, -0.1) is 0 Å². The van der Waals surface area contributed by atoms with Crippen molar-refractivity contribution in [1.29, 1.82) is 0 Å². The van der Waals surface area contributed by atoms with E-state index >= 15 is 0 Å². The molecule has 0 spiro atoms. The fraction of sp³-hybridized carbons (Fsp3) is 0.273. The van der Waals surface area contributed by atoms with Crippen LogP contribution in [0, 0.1) is 5.82 Å². The van der Waals surface area contributed by atoms with Crippen LogP contribution in [-0.2, 0) is 0 Å². The topological polar surface area (TPSA) is 67.7 Å². The van der Waals surface area contributed by atoms with Gasteiger partial charge in [0.2, 0.25) is 0 Å². The van der Waals surface area contributed by atoms with E-state index < -0.39 is 0 Å². The van der Waals surface area contributed by atoms with Crippen LogP contribution in [0.25, 0.3) is 11.1 Å². The lowest BCUT2D eigenvalue weighted by Crippen LogP contribution is -2.36. The summed E-state index contributed by atoms with van der Waals surface area (Å²) < 4.78 is 20.0. The van der Waals surface area contributed by atoms with Crippen LogP contribution in [0.5, 0.6) is 0 Å². The summed E-state index contributed by atoms with van der Waals surface area (Å²) in [7, 11) is 0. The Kier molecular flexibility index (Phi) is 6.09. The molecule has 1 heterocycles. The lowest BCUT2D eigenvalue weighted by Gasteiger charge is -2.18. The summed E-state index contributed by atoms with van der Waals surface area (Å²) in [5.74, 6) is 0.330. The van der Waals surface area contributed by atoms with E-state index in [0.717, 1.165) is 24.2 Å². The first-order valence-corrected chi connectivity index (χ1v) is 9.44. The van der Waals surface area contributed by atoms with E-state index in [1.807, 2.05) is 62.1 Å². The maximum Gasteiger partial charge on any atom is 0.253 e. The van der Waals surface area contributed by atoms with Crippen LogP contribution in [0.1, 0.15) is 37.9 Å². The Hall–Kier alpha value is -3.15. The molecule has 28 heavy (non-hydrogen) atoms. The van der Waals surface area contributed by atoms with E-state index in [4.69, 9.17) is 10.3 Å². The smallest absolute Gasteiger partial charge is 0.253 e. The molecule has 2 aromatic carbocycles. The lowest BCUT2D eigenvalue weighted by atomic mass is 9.95. The minimum absolute atomic E-state index is 0.137. The van der Waals surface area contributed by atoms with Crippen LogP contribution < -0.4 is 5.73 Å². The third-order valence-corrected chi connectivity index (χ3v) is 4.85. The van der Waals surface area contributed by atoms with Gasteiger partial charge in [0.05, 0.1) is 5.69 Å². The van der Waals surface area contributed by atoms with Gasteiger partial charge < -0.3 is 15.2 Å². The quantitative estimate of drug-likeness (QED) is 0.487. The molecule has 1 atom stereocenters. The van der Waals surface area contributed by atoms with E-state index in [1.165, 1.54) is 0 Å². The minimum Gasteiger partial charge on any atom is -0.369 e. The van der Waals surface area contributed by atoms with Crippen molar-refractivity contribution in [2.45, 2.75) is 26.7 Å². The predicted molar refractivity (Wildman–Crippen MR) is 110 cm³/mol. The maximum absolute atomic E-state index is 14.7. The van der Waals surface area contributed by atoms with Crippen molar-refractivity contribution in [2.24, 2.45) is 10.7 Å². The molecule has 0 aliphatic heterocycles. The highest BCUT2D eigenvalue weighted by Gasteiger charge is 2.17. The third kappa shape index (κ3) is 4.22. The monoisotopic (exact) mass is 380 g/mol. The number of hydrogen-bond donors (Lipinski definition) is 1. The average Bonchev–Trinajstić information content (AvgIpc) is 3.17. The van der Waals surface area contributed by atoms with Crippen LogP contribution in [0.3, 0.4) is 0 Å². The summed E-state index contributed by atoms with van der Waals surface area (Å²) in [6, 6.07) is 16.5. The van der Waals surface area contributed by atoms with Crippen molar-refractivity contribution in [1.82, 2.24) is 10.1 Å². The highest BCUT2D eigenvalue weighted by molar-refractivity contribution is 5.80. The molecule has 146 valence electrons. The Morgan fingerprint density at radius 2 is 1.86 bits per heavy atom. The fourth-order valence-electron chi connectivity index (χ4n) is 3.09. The van der Waals surface area contributed by atoms with Gasteiger partial charge in [-0.3, -0.25) is 0 Å². The first-order valence-electron chi connectivity index (χ1n) is 9.44. The summed E-state index contributed by atoms with van der Waals surface area (Å²) in [5.41, 5.74) is 8.92. The molecule has 3 rings (SSSR count). The number of benzene rings is 2. The van der Waals surface area contributed by atoms with Gasteiger partial charge in [-0.25, -0.2) is 4.39 Å². The molecule has 2 N–H and O–H groups in total. The van der Waals surface area contributed by atoms with Crippen LogP contribution in [0.15, 0.2) is 64.1 Å². The van der Waals surface area contributed by atoms with Crippen molar-refractivity contribution < 1.29 is 8.91 Å². The number of aliphatic imine (C=N–C) groups is 1. The van der Waals surface area contributed by atoms with Gasteiger partial charge in [0.25, 0.3) is 5.88 Å². The Morgan fingerprint density at radius 1 is 1.14 bits per heavy atom. The standard InChI is InChI=1S/C22H25FN4O/c1-4-27(5-2)22(24)25-21-14-20(26-28-21)15(3)17-11-12-18(19(23)13-17)16-9-7-6-8-10-16/h6-15H,4-5H2,1-3H3,(H2,24,25). The molecule has 6 heteroatoms. The van der Waals surface area contributed by atoms with Crippen LogP contribution >= 0.6 is 0 Å². The van der Waals surface area contributed by atoms with Crippen LogP contribution in [0.2, 0.25) is 0 Å². The Balaban J connectivity index is 1.81. The number of nitrogens with two attached hydrogens (primary N) is 1. The lowest BCUT2D eigenvalue weighted by molar-refractivity contribution is 0.415. The molecule has 0 saturated carbocycles. The Labute approximate surface area is 164 Å². The normalized spacial score (nSPS) is 12.8. The van der Waals surface area contributed by atoms with Gasteiger partial charge in [-0.2, -0.15) is 4.99 Å². The first kappa shape index (κ1) is 19.6. The summed E-state index contributed by atoms with van der Waals surface area (Å²) >= 11 is 0. The van der Waals surface area contributed by atoms with Crippen molar-refractivity contribution in [2.75, 3.05) is 13.1 Å². The van der Waals surface area contributed by atoms with E-state index in [2.05, 4.69) is 10.1 Å². The van der Waals surface area contributed by atoms with Crippen molar-refractivity contribution in [3.8, 4) is 11.1 Å². The van der Waals surface area contributed by atoms with Gasteiger partial charge in [-0.05, 0) is 31.0 Å². The van der Waals surface area contributed by atoms with E-state index in [9.17, 15) is 4.39 Å². The van der Waals surface area contributed by atoms with Crippen LogP contribution in [-0.4, -0.2) is 29.1 Å². The van der Waals surface area contributed by atoms with Gasteiger partial charge in [0, 0.05) is 30.6 Å². The number of halogens is 1. The molecule has 0 aliphatic carbocycles. The molecule has 0 bridgehead atoms. The molecule has 0 aliphatic rings. The second-order valence-electron chi connectivity index (χ2n) is 6.56. The number of guanidine groups is 1. The van der Waals surface area contributed by atoms with E-state index in [1.54, 1.807) is 18.2 Å². The average molecular weight is 380 g/mol. The van der Waals surface area contributed by atoms with Crippen molar-refractivity contribution >= 4 is 11.8 Å². The summed E-state index contributed by atoms with van der Waals surface area (Å²) in [6.07, 6.45) is 0. The van der Waals surface area contributed by atoms with E-state index in [-0.39, 0.29) is 11.7 Å². The van der Waals surface area contributed by atoms with Gasteiger partial charge >= 0.3 is 0 Å². The Bertz CT molecular complexity index is 948. The summed E-state index contributed by atoms with van der Waals surface area (Å²) in [4.78, 5) is 6.21. The predicted octanol–water partition coefficient (Wildman–Crippen LogP) is 4.92. The van der Waals surface area contributed by atoms with E-state index in [0.29, 0.717) is 23.1 Å². The second-order valence-corrected chi connectivity index (χ2v) is 6.56. The van der Waals surface area contributed by atoms with Crippen molar-refractivity contribution in [3.63, 3.8) is 0 Å². The Morgan fingerprint density at radius 3 is 2.50 bits per heavy atom. The second kappa shape index (κ2) is 8.69. The highest BCUT2D eigenvalue weighted by atomic mass is 19.1. The number of nitrogens with zero attached hydrogens (tertiary/aromatic N) is 3.